The van der Waals surface area contributed by atoms with Gasteiger partial charge in [0.05, 0.1) is 19.2 Å². The van der Waals surface area contributed by atoms with Crippen LogP contribution in [0, 0.1) is 5.41 Å². The molecule has 1 aliphatic rings. The first kappa shape index (κ1) is 20.2. The maximum Gasteiger partial charge on any atom is 0.191 e. The van der Waals surface area contributed by atoms with Gasteiger partial charge in [-0.15, -0.1) is 11.3 Å². The zero-order valence-electron chi connectivity index (χ0n) is 15.6. The van der Waals surface area contributed by atoms with Gasteiger partial charge in [-0.25, -0.2) is 0 Å². The summed E-state index contributed by atoms with van der Waals surface area (Å²) in [5.41, 5.74) is -0.0220. The van der Waals surface area contributed by atoms with Crippen LogP contribution in [0.15, 0.2) is 22.5 Å². The van der Waals surface area contributed by atoms with E-state index >= 15 is 0 Å². The molecular formula is C18H32N4O2S. The largest absolute Gasteiger partial charge is 0.396 e. The topological polar surface area (TPSA) is 69.1 Å². The number of nitrogens with one attached hydrogen (secondary N) is 2. The van der Waals surface area contributed by atoms with Gasteiger partial charge in [-0.2, -0.15) is 0 Å². The molecule has 0 amide bonds. The summed E-state index contributed by atoms with van der Waals surface area (Å²) < 4.78 is 5.56. The van der Waals surface area contributed by atoms with Crippen molar-refractivity contribution >= 4 is 17.3 Å². The predicted octanol–water partition coefficient (Wildman–Crippen LogP) is 1.70. The Labute approximate surface area is 155 Å². The molecule has 1 fully saturated rings. The summed E-state index contributed by atoms with van der Waals surface area (Å²) in [5, 5.41) is 18.3. The zero-order valence-corrected chi connectivity index (χ0v) is 16.4. The van der Waals surface area contributed by atoms with Crippen molar-refractivity contribution in [2.24, 2.45) is 10.4 Å². The standard InChI is InChI=1S/C18H32N4O2S/c1-4-19-17(21-13-18(7-9-23)8-10-24-14-18)20-12-15(22(2)3)16-6-5-11-25-16/h5-6,11,15,23H,4,7-10,12-14H2,1-3H3,(H2,19,20,21). The summed E-state index contributed by atoms with van der Waals surface area (Å²) in [6.45, 7) is 6.00. The van der Waals surface area contributed by atoms with Gasteiger partial charge in [0.25, 0.3) is 0 Å². The summed E-state index contributed by atoms with van der Waals surface area (Å²) in [6.07, 6.45) is 1.71. The van der Waals surface area contributed by atoms with Crippen molar-refractivity contribution in [1.29, 1.82) is 0 Å². The highest BCUT2D eigenvalue weighted by Crippen LogP contribution is 2.32. The fraction of sp³-hybridized carbons (Fsp3) is 0.722. The van der Waals surface area contributed by atoms with Crippen molar-refractivity contribution in [1.82, 2.24) is 15.5 Å². The van der Waals surface area contributed by atoms with Crippen LogP contribution in [0.5, 0.6) is 0 Å². The fourth-order valence-electron chi connectivity index (χ4n) is 3.09. The molecule has 0 aliphatic carbocycles. The average molecular weight is 369 g/mol. The second-order valence-corrected chi connectivity index (χ2v) is 7.83. The van der Waals surface area contributed by atoms with Crippen LogP contribution in [-0.4, -0.2) is 69.5 Å². The molecule has 0 spiro atoms. The molecule has 142 valence electrons. The molecule has 25 heavy (non-hydrogen) atoms. The normalized spacial score (nSPS) is 22.4. The van der Waals surface area contributed by atoms with Crippen molar-refractivity contribution in [3.63, 3.8) is 0 Å². The van der Waals surface area contributed by atoms with Gasteiger partial charge in [-0.3, -0.25) is 4.99 Å². The van der Waals surface area contributed by atoms with Crippen LogP contribution in [0.25, 0.3) is 0 Å². The summed E-state index contributed by atoms with van der Waals surface area (Å²) >= 11 is 1.78. The molecule has 1 aliphatic heterocycles. The minimum Gasteiger partial charge on any atom is -0.396 e. The Bertz CT molecular complexity index is 513. The van der Waals surface area contributed by atoms with Crippen molar-refractivity contribution in [3.05, 3.63) is 22.4 Å². The number of rotatable bonds is 9. The molecule has 6 nitrogen and oxygen atoms in total. The monoisotopic (exact) mass is 368 g/mol. The highest BCUT2D eigenvalue weighted by Gasteiger charge is 2.34. The van der Waals surface area contributed by atoms with Crippen molar-refractivity contribution in [2.45, 2.75) is 25.8 Å². The van der Waals surface area contributed by atoms with Crippen LogP contribution >= 0.6 is 11.3 Å². The number of nitrogens with zero attached hydrogens (tertiary/aromatic N) is 2. The lowest BCUT2D eigenvalue weighted by atomic mass is 9.84. The fourth-order valence-corrected chi connectivity index (χ4v) is 4.01. The van der Waals surface area contributed by atoms with E-state index in [1.165, 1.54) is 4.88 Å². The Morgan fingerprint density at radius 3 is 2.88 bits per heavy atom. The predicted molar refractivity (Wildman–Crippen MR) is 104 cm³/mol. The van der Waals surface area contributed by atoms with E-state index in [4.69, 9.17) is 9.73 Å². The maximum atomic E-state index is 9.36. The molecule has 0 saturated carbocycles. The first-order chi connectivity index (χ1) is 12.1. The number of ether oxygens (including phenoxy) is 1. The van der Waals surface area contributed by atoms with Gasteiger partial charge < -0.3 is 25.4 Å². The lowest BCUT2D eigenvalue weighted by Crippen LogP contribution is -2.42. The van der Waals surface area contributed by atoms with Gasteiger partial charge >= 0.3 is 0 Å². The maximum absolute atomic E-state index is 9.36. The van der Waals surface area contributed by atoms with Crippen LogP contribution < -0.4 is 10.6 Å². The Hall–Kier alpha value is -1.15. The van der Waals surface area contributed by atoms with E-state index in [0.717, 1.165) is 38.5 Å². The molecule has 2 unspecified atom stereocenters. The van der Waals surface area contributed by atoms with E-state index in [1.54, 1.807) is 11.3 Å². The van der Waals surface area contributed by atoms with Gasteiger partial charge in [-0.05, 0) is 45.3 Å². The molecule has 0 radical (unpaired) electrons. The molecule has 0 aromatic carbocycles. The van der Waals surface area contributed by atoms with Gasteiger partial charge in [-0.1, -0.05) is 6.07 Å². The first-order valence-electron chi connectivity index (χ1n) is 9.01. The van der Waals surface area contributed by atoms with Crippen LogP contribution in [-0.2, 0) is 4.74 Å². The highest BCUT2D eigenvalue weighted by atomic mass is 32.1. The molecule has 3 N–H and O–H groups in total. The number of aliphatic hydroxyl groups is 1. The number of likely N-dealkylation sites (N-methyl/N-ethyl adjacent to an activating group) is 1. The number of hydrogen-bond donors (Lipinski definition) is 3. The van der Waals surface area contributed by atoms with Gasteiger partial charge in [0.15, 0.2) is 5.96 Å². The van der Waals surface area contributed by atoms with Crippen LogP contribution in [0.3, 0.4) is 0 Å². The van der Waals surface area contributed by atoms with Crippen LogP contribution in [0.2, 0.25) is 0 Å². The molecule has 7 heteroatoms. The Morgan fingerprint density at radius 2 is 2.32 bits per heavy atom. The molecule has 2 rings (SSSR count). The second-order valence-electron chi connectivity index (χ2n) is 6.85. The van der Waals surface area contributed by atoms with E-state index in [0.29, 0.717) is 19.2 Å². The Kier molecular flexibility index (Phi) is 8.15. The summed E-state index contributed by atoms with van der Waals surface area (Å²) in [7, 11) is 4.20. The third-order valence-electron chi connectivity index (χ3n) is 4.70. The zero-order chi connectivity index (χ0) is 18.1. The third-order valence-corrected chi connectivity index (χ3v) is 5.68. The highest BCUT2D eigenvalue weighted by molar-refractivity contribution is 7.10. The van der Waals surface area contributed by atoms with E-state index in [-0.39, 0.29) is 12.0 Å². The molecule has 1 aromatic rings. The van der Waals surface area contributed by atoms with Crippen molar-refractivity contribution < 1.29 is 9.84 Å². The van der Waals surface area contributed by atoms with E-state index in [2.05, 4.69) is 54.1 Å². The molecular weight excluding hydrogens is 336 g/mol. The molecule has 1 aromatic heterocycles. The number of hydrogen-bond acceptors (Lipinski definition) is 5. The van der Waals surface area contributed by atoms with Gasteiger partial charge in [0.2, 0.25) is 0 Å². The molecule has 2 heterocycles. The molecule has 1 saturated heterocycles. The van der Waals surface area contributed by atoms with Crippen molar-refractivity contribution in [3.8, 4) is 0 Å². The smallest absolute Gasteiger partial charge is 0.191 e. The lowest BCUT2D eigenvalue weighted by molar-refractivity contribution is 0.131. The lowest BCUT2D eigenvalue weighted by Gasteiger charge is -2.26. The summed E-state index contributed by atoms with van der Waals surface area (Å²) in [4.78, 5) is 8.35. The number of aliphatic imine (C=N–C) groups is 1. The SMILES string of the molecule is CCNC(=NCC1(CCO)CCOC1)NCC(c1cccs1)N(C)C. The molecule has 0 bridgehead atoms. The van der Waals surface area contributed by atoms with E-state index < -0.39 is 0 Å². The van der Waals surface area contributed by atoms with Crippen LogP contribution in [0.4, 0.5) is 0 Å². The van der Waals surface area contributed by atoms with Gasteiger partial charge in [0, 0.05) is 36.6 Å². The summed E-state index contributed by atoms with van der Waals surface area (Å²) in [6, 6.07) is 4.58. The number of aliphatic hydroxyl groups excluding tert-OH is 1. The minimum absolute atomic E-state index is 0.0220. The van der Waals surface area contributed by atoms with Crippen molar-refractivity contribution in [2.75, 3.05) is 53.6 Å². The average Bonchev–Trinajstić information content (AvgIpc) is 3.25. The molecule has 2 atom stereocenters. The second kappa shape index (κ2) is 10.1. The Morgan fingerprint density at radius 1 is 1.48 bits per heavy atom. The van der Waals surface area contributed by atoms with E-state index in [1.807, 2.05) is 0 Å². The number of thiophene rings is 1. The number of guanidine groups is 1. The first-order valence-corrected chi connectivity index (χ1v) is 9.89. The van der Waals surface area contributed by atoms with Gasteiger partial charge in [0.1, 0.15) is 0 Å². The van der Waals surface area contributed by atoms with Crippen LogP contribution in [0.1, 0.15) is 30.7 Å². The van der Waals surface area contributed by atoms with E-state index in [9.17, 15) is 5.11 Å². The Balaban J connectivity index is 1.99. The summed E-state index contributed by atoms with van der Waals surface area (Å²) in [5.74, 6) is 0.829. The quantitative estimate of drug-likeness (QED) is 0.457. The third kappa shape index (κ3) is 5.95. The minimum atomic E-state index is -0.0220.